The van der Waals surface area contributed by atoms with Crippen LogP contribution in [0, 0.1) is 0 Å². The summed E-state index contributed by atoms with van der Waals surface area (Å²) in [6.45, 7) is 0. The van der Waals surface area contributed by atoms with Gasteiger partial charge in [0, 0.05) is 53.6 Å². The van der Waals surface area contributed by atoms with E-state index in [9.17, 15) is 0 Å². The normalized spacial score (nSPS) is 12.6. The van der Waals surface area contributed by atoms with Crippen LogP contribution in [0.25, 0.3) is 92.2 Å². The molecule has 2 nitrogen and oxygen atoms in total. The fraction of sp³-hybridized carbons (Fsp3) is 0.0137. The molecule has 1 aliphatic carbocycles. The summed E-state index contributed by atoms with van der Waals surface area (Å²) in [5, 5.41) is 5.17. The second-order valence-electron chi connectivity index (χ2n) is 19.9. The lowest BCUT2D eigenvalue weighted by atomic mass is 9.68. The summed E-state index contributed by atoms with van der Waals surface area (Å²) < 4.78 is 5.04. The summed E-state index contributed by atoms with van der Waals surface area (Å²) in [5.41, 5.74) is 21.1. The summed E-state index contributed by atoms with van der Waals surface area (Å²) in [6.07, 6.45) is 0. The molecule has 0 N–H and O–H groups in total. The minimum atomic E-state index is -0.524. The average Bonchev–Trinajstić information content (AvgIpc) is 4.35. The molecule has 15 rings (SSSR count). The minimum absolute atomic E-state index is 0.524. The number of thiophene rings is 1. The topological polar surface area (TPSA) is 8.17 Å². The van der Waals surface area contributed by atoms with Gasteiger partial charge in [-0.25, -0.2) is 0 Å². The summed E-state index contributed by atoms with van der Waals surface area (Å²) in [7, 11) is 0. The maximum Gasteiger partial charge on any atom is 0.0714 e. The van der Waals surface area contributed by atoms with Crippen LogP contribution < -0.4 is 4.90 Å². The van der Waals surface area contributed by atoms with Gasteiger partial charge in [-0.2, -0.15) is 0 Å². The molecular weight excluding hydrogens is 937 g/mol. The Hall–Kier alpha value is -9.54. The van der Waals surface area contributed by atoms with Gasteiger partial charge in [0.1, 0.15) is 0 Å². The van der Waals surface area contributed by atoms with Gasteiger partial charge in [-0.05, 0) is 122 Å². The molecule has 0 unspecified atom stereocenters. The number of rotatable bonds is 9. The Labute approximate surface area is 446 Å². The number of anilines is 3. The van der Waals surface area contributed by atoms with E-state index in [0.29, 0.717) is 0 Å². The van der Waals surface area contributed by atoms with Gasteiger partial charge in [0.15, 0.2) is 0 Å². The second-order valence-corrected chi connectivity index (χ2v) is 21.0. The van der Waals surface area contributed by atoms with Crippen LogP contribution in [0.3, 0.4) is 0 Å². The Morgan fingerprint density at radius 3 is 1.38 bits per heavy atom. The Balaban J connectivity index is 0.842. The highest BCUT2D eigenvalue weighted by molar-refractivity contribution is 7.26. The molecule has 76 heavy (non-hydrogen) atoms. The zero-order valence-corrected chi connectivity index (χ0v) is 42.3. The lowest BCUT2D eigenvalue weighted by molar-refractivity contribution is 0.768. The van der Waals surface area contributed by atoms with E-state index in [1.54, 1.807) is 0 Å². The van der Waals surface area contributed by atoms with Crippen molar-refractivity contribution >= 4 is 70.4 Å². The predicted octanol–water partition coefficient (Wildman–Crippen LogP) is 20.0. The van der Waals surface area contributed by atoms with Crippen LogP contribution in [-0.2, 0) is 5.41 Å². The summed E-state index contributed by atoms with van der Waals surface area (Å²) in [5.74, 6) is 0. The number of hydrogen-bond donors (Lipinski definition) is 0. The summed E-state index contributed by atoms with van der Waals surface area (Å²) >= 11 is 1.88. The second kappa shape index (κ2) is 17.8. The fourth-order valence-corrected chi connectivity index (χ4v) is 13.8. The average molecular weight is 985 g/mol. The number of nitrogens with zero attached hydrogens (tertiary/aromatic N) is 2. The highest BCUT2D eigenvalue weighted by Crippen LogP contribution is 2.59. The van der Waals surface area contributed by atoms with Crippen LogP contribution in [-0.4, -0.2) is 4.57 Å². The third-order valence-electron chi connectivity index (χ3n) is 15.9. The van der Waals surface area contributed by atoms with E-state index in [4.69, 9.17) is 0 Å². The van der Waals surface area contributed by atoms with Crippen molar-refractivity contribution in [3.05, 3.63) is 313 Å². The van der Waals surface area contributed by atoms with E-state index in [-0.39, 0.29) is 0 Å². The van der Waals surface area contributed by atoms with Gasteiger partial charge < -0.3 is 9.47 Å². The molecule has 0 radical (unpaired) electrons. The van der Waals surface area contributed by atoms with Gasteiger partial charge in [0.2, 0.25) is 0 Å². The molecule has 0 saturated carbocycles. The van der Waals surface area contributed by atoms with Crippen molar-refractivity contribution in [1.29, 1.82) is 0 Å². The van der Waals surface area contributed by atoms with Crippen molar-refractivity contribution in [2.24, 2.45) is 0 Å². The first kappa shape index (κ1) is 44.0. The molecule has 0 saturated heterocycles. The number of aromatic nitrogens is 1. The molecule has 356 valence electrons. The molecule has 0 atom stereocenters. The standard InChI is InChI=1S/C73H48N2S/c1-3-17-54(18-4-1)73(55-19-5-2-6-20-55)65-27-11-7-24-64(65)71-66(73)28-16-31-69(71)74(56-43-37-50(38-44-56)49-33-35-53(36-34-49)59-25-15-26-63-62-23-10-14-32-70(62)76-72(59)63)57-45-39-51(40-46-57)52-41-47-58(48-42-52)75-67-29-12-8-21-60(67)61-22-9-13-30-68(61)75/h1-48H. The Bertz CT molecular complexity index is 4380. The molecule has 0 fully saturated rings. The molecule has 0 spiro atoms. The van der Waals surface area contributed by atoms with Crippen molar-refractivity contribution < 1.29 is 0 Å². The van der Waals surface area contributed by atoms with Crippen LogP contribution in [0.2, 0.25) is 0 Å². The van der Waals surface area contributed by atoms with Gasteiger partial charge in [-0.15, -0.1) is 11.3 Å². The van der Waals surface area contributed by atoms with E-state index < -0.39 is 5.41 Å². The fourth-order valence-electron chi connectivity index (χ4n) is 12.5. The summed E-state index contributed by atoms with van der Waals surface area (Å²) in [6, 6.07) is 107. The van der Waals surface area contributed by atoms with Crippen LogP contribution in [0.15, 0.2) is 291 Å². The third kappa shape index (κ3) is 6.86. The number of benzene rings is 12. The first-order chi connectivity index (χ1) is 37.7. The van der Waals surface area contributed by atoms with Gasteiger partial charge in [-0.3, -0.25) is 0 Å². The minimum Gasteiger partial charge on any atom is -0.310 e. The molecule has 2 heterocycles. The molecule has 3 heteroatoms. The SMILES string of the molecule is c1ccc(C2(c3ccccc3)c3ccccc3-c3c(N(c4ccc(-c5ccc(-c6cccc7c6sc6ccccc67)cc5)cc4)c4ccc(-c5ccc(-n6c7ccccc7c7ccccc76)cc5)cc4)cccc32)cc1. The van der Waals surface area contributed by atoms with Gasteiger partial charge in [0.05, 0.1) is 22.1 Å². The lowest BCUT2D eigenvalue weighted by Gasteiger charge is -2.34. The van der Waals surface area contributed by atoms with E-state index in [1.165, 1.54) is 103 Å². The first-order valence-corrected chi connectivity index (χ1v) is 27.0. The van der Waals surface area contributed by atoms with Gasteiger partial charge >= 0.3 is 0 Å². The highest BCUT2D eigenvalue weighted by atomic mass is 32.1. The van der Waals surface area contributed by atoms with Gasteiger partial charge in [0.25, 0.3) is 0 Å². The molecule has 0 amide bonds. The van der Waals surface area contributed by atoms with Crippen molar-refractivity contribution in [3.8, 4) is 50.2 Å². The highest BCUT2D eigenvalue weighted by Gasteiger charge is 2.47. The zero-order chi connectivity index (χ0) is 50.2. The number of fused-ring (bicyclic) bond motifs is 9. The zero-order valence-electron chi connectivity index (χ0n) is 41.5. The molecular formula is C73H48N2S. The van der Waals surface area contributed by atoms with Crippen molar-refractivity contribution in [1.82, 2.24) is 4.57 Å². The maximum atomic E-state index is 2.47. The van der Waals surface area contributed by atoms with Crippen molar-refractivity contribution in [3.63, 3.8) is 0 Å². The third-order valence-corrected chi connectivity index (χ3v) is 17.1. The van der Waals surface area contributed by atoms with Crippen LogP contribution in [0.4, 0.5) is 17.1 Å². The maximum absolute atomic E-state index is 2.47. The van der Waals surface area contributed by atoms with Crippen LogP contribution in [0.1, 0.15) is 22.3 Å². The quantitative estimate of drug-likeness (QED) is 0.140. The van der Waals surface area contributed by atoms with Crippen molar-refractivity contribution in [2.45, 2.75) is 5.41 Å². The van der Waals surface area contributed by atoms with E-state index in [0.717, 1.165) is 28.3 Å². The predicted molar refractivity (Wildman–Crippen MR) is 322 cm³/mol. The Morgan fingerprint density at radius 1 is 0.316 bits per heavy atom. The first-order valence-electron chi connectivity index (χ1n) is 26.2. The molecule has 0 aliphatic heterocycles. The Kier molecular flexibility index (Phi) is 10.3. The van der Waals surface area contributed by atoms with Crippen LogP contribution in [0.5, 0.6) is 0 Å². The smallest absolute Gasteiger partial charge is 0.0714 e. The molecule has 2 aromatic heterocycles. The summed E-state index contributed by atoms with van der Waals surface area (Å²) in [4.78, 5) is 2.47. The number of para-hydroxylation sites is 2. The molecule has 0 bridgehead atoms. The lowest BCUT2D eigenvalue weighted by Crippen LogP contribution is -2.28. The number of hydrogen-bond acceptors (Lipinski definition) is 2. The van der Waals surface area contributed by atoms with Crippen LogP contribution >= 0.6 is 11.3 Å². The Morgan fingerprint density at radius 2 is 0.763 bits per heavy atom. The van der Waals surface area contributed by atoms with E-state index >= 15 is 0 Å². The van der Waals surface area contributed by atoms with E-state index in [1.807, 2.05) is 11.3 Å². The molecule has 1 aliphatic rings. The van der Waals surface area contributed by atoms with Crippen molar-refractivity contribution in [2.75, 3.05) is 4.90 Å². The molecule has 12 aromatic carbocycles. The molecule has 14 aromatic rings. The van der Waals surface area contributed by atoms with E-state index in [2.05, 4.69) is 301 Å². The largest absolute Gasteiger partial charge is 0.310 e. The van der Waals surface area contributed by atoms with Gasteiger partial charge in [-0.1, -0.05) is 231 Å². The monoisotopic (exact) mass is 984 g/mol.